The van der Waals surface area contributed by atoms with Crippen molar-refractivity contribution in [1.29, 1.82) is 0 Å². The maximum Gasteiger partial charge on any atom is 0.0980 e. The molecule has 0 aliphatic heterocycles. The maximum atomic E-state index is 5.38. The molecule has 0 aromatic carbocycles. The molecule has 3 heteroatoms. The van der Waals surface area contributed by atoms with Crippen LogP contribution in [0.3, 0.4) is 0 Å². The number of amidine groups is 1. The van der Waals surface area contributed by atoms with Crippen LogP contribution < -0.4 is 5.73 Å². The molecular weight excluding hydrogens is 126 g/mol. The van der Waals surface area contributed by atoms with Gasteiger partial charge in [0.05, 0.1) is 5.84 Å². The Kier molecular flexibility index (Phi) is 4.94. The lowest BCUT2D eigenvalue weighted by Crippen LogP contribution is -2.31. The fraction of sp³-hybridized carbons (Fsp3) is 0.857. The van der Waals surface area contributed by atoms with Crippen LogP contribution in [0, 0.1) is 0 Å². The highest BCUT2D eigenvalue weighted by Crippen LogP contribution is 1.90. The highest BCUT2D eigenvalue weighted by Gasteiger charge is 1.99. The molecule has 0 saturated carbocycles. The van der Waals surface area contributed by atoms with Gasteiger partial charge in [-0.1, -0.05) is 6.92 Å². The van der Waals surface area contributed by atoms with E-state index in [1.807, 2.05) is 14.1 Å². The monoisotopic (exact) mass is 143 g/mol. The number of likely N-dealkylation sites (N-methyl/N-ethyl adjacent to an activating group) is 1. The average molecular weight is 143 g/mol. The zero-order valence-electron chi connectivity index (χ0n) is 7.09. The molecule has 0 fully saturated rings. The van der Waals surface area contributed by atoms with Crippen LogP contribution in [0.2, 0.25) is 0 Å². The van der Waals surface area contributed by atoms with Gasteiger partial charge in [-0.05, 0) is 0 Å². The van der Waals surface area contributed by atoms with Gasteiger partial charge in [0.2, 0.25) is 0 Å². The van der Waals surface area contributed by atoms with E-state index in [0.29, 0.717) is 6.54 Å². The van der Waals surface area contributed by atoms with Crippen molar-refractivity contribution in [3.8, 4) is 0 Å². The van der Waals surface area contributed by atoms with E-state index in [4.69, 9.17) is 5.73 Å². The molecule has 0 aromatic heterocycles. The minimum atomic E-state index is 0.690. The Labute approximate surface area is 62.9 Å². The predicted molar refractivity (Wildman–Crippen MR) is 45.3 cm³/mol. The summed E-state index contributed by atoms with van der Waals surface area (Å²) in [5.41, 5.74) is 5.38. The summed E-state index contributed by atoms with van der Waals surface area (Å²) in [6.07, 6.45) is 0.979. The lowest BCUT2D eigenvalue weighted by Gasteiger charge is -2.18. The molecule has 0 unspecified atom stereocenters. The second-order valence-corrected chi connectivity index (χ2v) is 2.20. The van der Waals surface area contributed by atoms with Crippen molar-refractivity contribution in [3.63, 3.8) is 0 Å². The minimum Gasteiger partial charge on any atom is -0.362 e. The molecule has 0 aliphatic rings. The predicted octanol–water partition coefficient (Wildman–Crippen LogP) is 0.315. The number of aliphatic imine (C=N–C) groups is 1. The van der Waals surface area contributed by atoms with E-state index in [-0.39, 0.29) is 0 Å². The lowest BCUT2D eigenvalue weighted by molar-refractivity contribution is 0.505. The zero-order valence-corrected chi connectivity index (χ0v) is 7.09. The van der Waals surface area contributed by atoms with Crippen molar-refractivity contribution in [3.05, 3.63) is 0 Å². The molecule has 0 radical (unpaired) electrons. The quantitative estimate of drug-likeness (QED) is 0.456. The fourth-order valence-corrected chi connectivity index (χ4v) is 0.921. The van der Waals surface area contributed by atoms with E-state index in [2.05, 4.69) is 16.8 Å². The van der Waals surface area contributed by atoms with E-state index < -0.39 is 0 Å². The number of rotatable bonds is 3. The first-order valence-electron chi connectivity index (χ1n) is 3.63. The van der Waals surface area contributed by atoms with Crippen LogP contribution in [-0.2, 0) is 0 Å². The van der Waals surface area contributed by atoms with Crippen molar-refractivity contribution in [1.82, 2.24) is 4.90 Å². The van der Waals surface area contributed by atoms with Crippen molar-refractivity contribution >= 4 is 5.84 Å². The molecule has 0 rings (SSSR count). The van der Waals surface area contributed by atoms with Crippen LogP contribution in [0.1, 0.15) is 13.3 Å². The van der Waals surface area contributed by atoms with Gasteiger partial charge in [0.25, 0.3) is 0 Å². The van der Waals surface area contributed by atoms with Gasteiger partial charge in [0.1, 0.15) is 0 Å². The normalized spacial score (nSPS) is 11.8. The molecule has 0 aromatic rings. The summed E-state index contributed by atoms with van der Waals surface area (Å²) in [6.45, 7) is 3.67. The Bertz CT molecular complexity index is 109. The third-order valence-corrected chi connectivity index (χ3v) is 1.48. The zero-order chi connectivity index (χ0) is 7.98. The molecule has 0 atom stereocenters. The smallest absolute Gasteiger partial charge is 0.0980 e. The Hall–Kier alpha value is -0.570. The van der Waals surface area contributed by atoms with E-state index in [1.54, 1.807) is 0 Å². The second kappa shape index (κ2) is 5.23. The van der Waals surface area contributed by atoms with Gasteiger partial charge in [0.15, 0.2) is 0 Å². The maximum absolute atomic E-state index is 5.38. The van der Waals surface area contributed by atoms with Crippen LogP contribution in [0.5, 0.6) is 0 Å². The first-order valence-corrected chi connectivity index (χ1v) is 3.63. The van der Waals surface area contributed by atoms with Crippen LogP contribution in [0.4, 0.5) is 0 Å². The van der Waals surface area contributed by atoms with Crippen molar-refractivity contribution in [2.75, 3.05) is 27.2 Å². The summed E-state index contributed by atoms with van der Waals surface area (Å²) in [5.74, 6) is 1.12. The second-order valence-electron chi connectivity index (χ2n) is 2.20. The molecule has 10 heavy (non-hydrogen) atoms. The van der Waals surface area contributed by atoms with Crippen LogP contribution in [-0.4, -0.2) is 37.9 Å². The van der Waals surface area contributed by atoms with Crippen LogP contribution in [0.15, 0.2) is 4.99 Å². The number of nitrogens with zero attached hydrogens (tertiary/aromatic N) is 2. The average Bonchev–Trinajstić information content (AvgIpc) is 1.91. The first kappa shape index (κ1) is 9.43. The molecular formula is C7H17N3. The van der Waals surface area contributed by atoms with E-state index in [9.17, 15) is 0 Å². The number of hydrogen-bond donors (Lipinski definition) is 1. The molecule has 0 heterocycles. The summed E-state index contributed by atoms with van der Waals surface area (Å²) in [5, 5.41) is 0. The standard InChI is InChI=1S/C7H17N3/c1-4-7(9-2)10(3)6-5-8/h4-6,8H2,1-3H3. The highest BCUT2D eigenvalue weighted by atomic mass is 15.2. The van der Waals surface area contributed by atoms with Crippen LogP contribution >= 0.6 is 0 Å². The van der Waals surface area contributed by atoms with Crippen molar-refractivity contribution in [2.24, 2.45) is 10.7 Å². The van der Waals surface area contributed by atoms with Crippen molar-refractivity contribution < 1.29 is 0 Å². The third-order valence-electron chi connectivity index (χ3n) is 1.48. The summed E-state index contributed by atoms with van der Waals surface area (Å²) in [7, 11) is 3.82. The van der Waals surface area contributed by atoms with Gasteiger partial charge in [-0.2, -0.15) is 0 Å². The Morgan fingerprint density at radius 3 is 2.50 bits per heavy atom. The highest BCUT2D eigenvalue weighted by molar-refractivity contribution is 5.81. The van der Waals surface area contributed by atoms with Gasteiger partial charge in [-0.3, -0.25) is 4.99 Å². The Balaban J connectivity index is 3.77. The molecule has 0 aliphatic carbocycles. The molecule has 0 bridgehead atoms. The fourth-order valence-electron chi connectivity index (χ4n) is 0.921. The van der Waals surface area contributed by atoms with E-state index in [1.165, 1.54) is 0 Å². The van der Waals surface area contributed by atoms with E-state index in [0.717, 1.165) is 18.8 Å². The van der Waals surface area contributed by atoms with Gasteiger partial charge < -0.3 is 10.6 Å². The van der Waals surface area contributed by atoms with Gasteiger partial charge >= 0.3 is 0 Å². The SMILES string of the molecule is CCC(=NC)N(C)CCN. The third kappa shape index (κ3) is 2.82. The first-order chi connectivity index (χ1) is 4.76. The molecule has 3 nitrogen and oxygen atoms in total. The Morgan fingerprint density at radius 1 is 1.60 bits per heavy atom. The number of nitrogens with two attached hydrogens (primary N) is 1. The van der Waals surface area contributed by atoms with Gasteiger partial charge in [0, 0.05) is 33.6 Å². The summed E-state index contributed by atoms with van der Waals surface area (Å²) in [4.78, 5) is 6.20. The molecule has 0 saturated heterocycles. The van der Waals surface area contributed by atoms with Crippen molar-refractivity contribution in [2.45, 2.75) is 13.3 Å². The molecule has 0 spiro atoms. The lowest BCUT2D eigenvalue weighted by atomic mass is 10.4. The van der Waals surface area contributed by atoms with Crippen LogP contribution in [0.25, 0.3) is 0 Å². The molecule has 0 amide bonds. The summed E-state index contributed by atoms with van der Waals surface area (Å²) >= 11 is 0. The number of hydrogen-bond acceptors (Lipinski definition) is 2. The van der Waals surface area contributed by atoms with E-state index >= 15 is 0 Å². The van der Waals surface area contributed by atoms with Gasteiger partial charge in [-0.15, -0.1) is 0 Å². The Morgan fingerprint density at radius 2 is 2.20 bits per heavy atom. The van der Waals surface area contributed by atoms with Gasteiger partial charge in [-0.25, -0.2) is 0 Å². The minimum absolute atomic E-state index is 0.690. The molecule has 2 N–H and O–H groups in total. The largest absolute Gasteiger partial charge is 0.362 e. The molecule has 60 valence electrons. The summed E-state index contributed by atoms with van der Waals surface area (Å²) < 4.78 is 0. The summed E-state index contributed by atoms with van der Waals surface area (Å²) in [6, 6.07) is 0. The topological polar surface area (TPSA) is 41.6 Å².